The van der Waals surface area contributed by atoms with Crippen LogP contribution in [0.25, 0.3) is 0 Å². The molecule has 0 aliphatic carbocycles. The Morgan fingerprint density at radius 1 is 1.22 bits per heavy atom. The predicted octanol–water partition coefficient (Wildman–Crippen LogP) is 3.63. The standard InChI is InChI=1S/C15H12IN3O3S/c1-9-2-3-10(8-13(9)16)14(20)18-15(23)17-11-4-6-12(7-5-11)19(21)22/h2-8H,1H3,(H2,17,18,20,23). The number of anilines is 1. The molecule has 2 rings (SSSR count). The zero-order valence-corrected chi connectivity index (χ0v) is 15.0. The quantitative estimate of drug-likeness (QED) is 0.329. The molecular weight excluding hydrogens is 429 g/mol. The van der Waals surface area contributed by atoms with Gasteiger partial charge in [0.1, 0.15) is 0 Å². The van der Waals surface area contributed by atoms with E-state index in [9.17, 15) is 14.9 Å². The Morgan fingerprint density at radius 3 is 2.43 bits per heavy atom. The van der Waals surface area contributed by atoms with Gasteiger partial charge in [-0.2, -0.15) is 0 Å². The summed E-state index contributed by atoms with van der Waals surface area (Å²) in [6, 6.07) is 11.1. The van der Waals surface area contributed by atoms with E-state index in [2.05, 4.69) is 33.2 Å². The summed E-state index contributed by atoms with van der Waals surface area (Å²) in [5.74, 6) is -0.317. The first-order chi connectivity index (χ1) is 10.9. The summed E-state index contributed by atoms with van der Waals surface area (Å²) in [6.07, 6.45) is 0. The van der Waals surface area contributed by atoms with E-state index in [1.807, 2.05) is 13.0 Å². The molecule has 2 aromatic carbocycles. The average molecular weight is 441 g/mol. The molecule has 1 amide bonds. The molecule has 0 heterocycles. The Morgan fingerprint density at radius 2 is 1.87 bits per heavy atom. The number of nitrogens with one attached hydrogen (secondary N) is 2. The van der Waals surface area contributed by atoms with Gasteiger partial charge in [-0.15, -0.1) is 0 Å². The molecule has 2 N–H and O–H groups in total. The lowest BCUT2D eigenvalue weighted by Gasteiger charge is -2.10. The van der Waals surface area contributed by atoms with Crippen LogP contribution >= 0.6 is 34.8 Å². The smallest absolute Gasteiger partial charge is 0.269 e. The molecule has 6 nitrogen and oxygen atoms in total. The van der Waals surface area contributed by atoms with Crippen LogP contribution in [-0.2, 0) is 0 Å². The number of aryl methyl sites for hydroxylation is 1. The van der Waals surface area contributed by atoms with E-state index in [4.69, 9.17) is 12.2 Å². The normalized spacial score (nSPS) is 10.0. The average Bonchev–Trinajstić information content (AvgIpc) is 2.50. The van der Waals surface area contributed by atoms with Crippen LogP contribution in [0.4, 0.5) is 11.4 Å². The number of thiocarbonyl (C=S) groups is 1. The molecule has 0 bridgehead atoms. The highest BCUT2D eigenvalue weighted by atomic mass is 127. The van der Waals surface area contributed by atoms with E-state index < -0.39 is 4.92 Å². The van der Waals surface area contributed by atoms with Gasteiger partial charge >= 0.3 is 0 Å². The number of benzene rings is 2. The number of carbonyl (C=O) groups excluding carboxylic acids is 1. The Bertz CT molecular complexity index is 778. The van der Waals surface area contributed by atoms with Gasteiger partial charge in [-0.05, 0) is 71.6 Å². The molecule has 0 unspecified atom stereocenters. The van der Waals surface area contributed by atoms with Crippen LogP contribution in [0.5, 0.6) is 0 Å². The molecule has 118 valence electrons. The lowest BCUT2D eigenvalue weighted by atomic mass is 10.1. The molecular formula is C15H12IN3O3S. The Labute approximate surface area is 151 Å². The second-order valence-electron chi connectivity index (χ2n) is 4.68. The predicted molar refractivity (Wildman–Crippen MR) is 101 cm³/mol. The molecule has 0 atom stereocenters. The number of halogens is 1. The van der Waals surface area contributed by atoms with Crippen LogP contribution in [0.15, 0.2) is 42.5 Å². The Kier molecular flexibility index (Phi) is 5.61. The molecule has 0 fully saturated rings. The number of nitrogens with zero attached hydrogens (tertiary/aromatic N) is 1. The van der Waals surface area contributed by atoms with Gasteiger partial charge in [0.2, 0.25) is 0 Å². The van der Waals surface area contributed by atoms with Gasteiger partial charge in [0.05, 0.1) is 4.92 Å². The second-order valence-corrected chi connectivity index (χ2v) is 6.25. The number of carbonyl (C=O) groups is 1. The number of amides is 1. The third-order valence-electron chi connectivity index (χ3n) is 3.00. The summed E-state index contributed by atoms with van der Waals surface area (Å²) < 4.78 is 0.990. The van der Waals surface area contributed by atoms with Crippen LogP contribution in [0.1, 0.15) is 15.9 Å². The summed E-state index contributed by atoms with van der Waals surface area (Å²) in [5, 5.41) is 16.1. The maximum atomic E-state index is 12.1. The third kappa shape index (κ3) is 4.70. The second kappa shape index (κ2) is 7.47. The summed E-state index contributed by atoms with van der Waals surface area (Å²) in [7, 11) is 0. The van der Waals surface area contributed by atoms with Crippen molar-refractivity contribution in [2.24, 2.45) is 0 Å². The summed E-state index contributed by atoms with van der Waals surface area (Å²) in [6.45, 7) is 1.96. The van der Waals surface area contributed by atoms with Crippen LogP contribution in [0, 0.1) is 20.6 Å². The highest BCUT2D eigenvalue weighted by Gasteiger charge is 2.10. The summed E-state index contributed by atoms with van der Waals surface area (Å²) in [5.41, 5.74) is 2.14. The fraction of sp³-hybridized carbons (Fsp3) is 0.0667. The minimum Gasteiger partial charge on any atom is -0.332 e. The number of hydrogen-bond acceptors (Lipinski definition) is 4. The van der Waals surface area contributed by atoms with Crippen LogP contribution in [-0.4, -0.2) is 15.9 Å². The monoisotopic (exact) mass is 441 g/mol. The van der Waals surface area contributed by atoms with Crippen molar-refractivity contribution in [1.29, 1.82) is 0 Å². The van der Waals surface area contributed by atoms with E-state index in [-0.39, 0.29) is 16.7 Å². The minimum absolute atomic E-state index is 0.0141. The van der Waals surface area contributed by atoms with Crippen molar-refractivity contribution in [2.45, 2.75) is 6.92 Å². The van der Waals surface area contributed by atoms with Crippen LogP contribution in [0.2, 0.25) is 0 Å². The van der Waals surface area contributed by atoms with Gasteiger partial charge in [-0.25, -0.2) is 0 Å². The molecule has 0 radical (unpaired) electrons. The van der Waals surface area contributed by atoms with Crippen molar-refractivity contribution in [3.05, 3.63) is 67.3 Å². The van der Waals surface area contributed by atoms with Gasteiger partial charge < -0.3 is 5.32 Å². The maximum Gasteiger partial charge on any atom is 0.269 e. The Hall–Kier alpha value is -2.07. The van der Waals surface area contributed by atoms with Crippen molar-refractivity contribution in [2.75, 3.05) is 5.32 Å². The Balaban J connectivity index is 1.99. The maximum absolute atomic E-state index is 12.1. The molecule has 0 aliphatic heterocycles. The summed E-state index contributed by atoms with van der Waals surface area (Å²) in [4.78, 5) is 22.2. The number of non-ortho nitro benzene ring substituents is 1. The lowest BCUT2D eigenvalue weighted by Crippen LogP contribution is -2.34. The van der Waals surface area contributed by atoms with Gasteiger partial charge in [0, 0.05) is 27.0 Å². The molecule has 0 aliphatic rings. The molecule has 2 aromatic rings. The van der Waals surface area contributed by atoms with Gasteiger partial charge in [-0.1, -0.05) is 6.07 Å². The minimum atomic E-state index is -0.483. The van der Waals surface area contributed by atoms with Crippen molar-refractivity contribution in [1.82, 2.24) is 5.32 Å². The molecule has 0 aromatic heterocycles. The number of nitro groups is 1. The van der Waals surface area contributed by atoms with E-state index in [1.54, 1.807) is 12.1 Å². The SMILES string of the molecule is Cc1ccc(C(=O)NC(=S)Nc2ccc([N+](=O)[O-])cc2)cc1I. The highest BCUT2D eigenvalue weighted by molar-refractivity contribution is 14.1. The van der Waals surface area contributed by atoms with Crippen molar-refractivity contribution in [3.8, 4) is 0 Å². The van der Waals surface area contributed by atoms with Gasteiger partial charge in [-0.3, -0.25) is 20.2 Å². The lowest BCUT2D eigenvalue weighted by molar-refractivity contribution is -0.384. The molecule has 8 heteroatoms. The van der Waals surface area contributed by atoms with E-state index in [0.29, 0.717) is 11.3 Å². The largest absolute Gasteiger partial charge is 0.332 e. The van der Waals surface area contributed by atoms with Crippen LogP contribution < -0.4 is 10.6 Å². The zero-order valence-electron chi connectivity index (χ0n) is 12.0. The van der Waals surface area contributed by atoms with Crippen molar-refractivity contribution < 1.29 is 9.72 Å². The van der Waals surface area contributed by atoms with Gasteiger partial charge in [0.25, 0.3) is 11.6 Å². The van der Waals surface area contributed by atoms with Gasteiger partial charge in [0.15, 0.2) is 5.11 Å². The summed E-state index contributed by atoms with van der Waals surface area (Å²) >= 11 is 7.24. The first-order valence-corrected chi connectivity index (χ1v) is 7.98. The molecule has 0 saturated carbocycles. The van der Waals surface area contributed by atoms with Crippen molar-refractivity contribution >= 4 is 57.2 Å². The third-order valence-corrected chi connectivity index (χ3v) is 4.36. The fourth-order valence-corrected chi connectivity index (χ4v) is 2.46. The van der Waals surface area contributed by atoms with E-state index >= 15 is 0 Å². The number of nitro benzene ring substituents is 1. The zero-order chi connectivity index (χ0) is 17.0. The van der Waals surface area contributed by atoms with E-state index in [1.165, 1.54) is 24.3 Å². The number of rotatable bonds is 3. The topological polar surface area (TPSA) is 84.3 Å². The molecule has 23 heavy (non-hydrogen) atoms. The van der Waals surface area contributed by atoms with E-state index in [0.717, 1.165) is 9.13 Å². The fourth-order valence-electron chi connectivity index (χ4n) is 1.74. The molecule has 0 saturated heterocycles. The number of hydrogen-bond donors (Lipinski definition) is 2. The van der Waals surface area contributed by atoms with Crippen molar-refractivity contribution in [3.63, 3.8) is 0 Å². The molecule has 0 spiro atoms. The first-order valence-electron chi connectivity index (χ1n) is 6.50. The first kappa shape index (κ1) is 17.3. The van der Waals surface area contributed by atoms with Crippen LogP contribution in [0.3, 0.4) is 0 Å². The highest BCUT2D eigenvalue weighted by Crippen LogP contribution is 2.16.